The molecule has 1 unspecified atom stereocenters. The SMILES string of the molecule is CC=S(Nc1nc2cc#ccc2nc1Nc1cc(OC)ccc1Cl)c1cccc(C(=O)NCCN)c1. The van der Waals surface area contributed by atoms with Crippen molar-refractivity contribution >= 4 is 61.9 Å². The third-order valence-electron chi connectivity index (χ3n) is 5.10. The van der Waals surface area contributed by atoms with E-state index in [2.05, 4.69) is 27.5 Å². The number of ether oxygens (including phenoxy) is 1. The summed E-state index contributed by atoms with van der Waals surface area (Å²) < 4.78 is 8.81. The fraction of sp³-hybridized carbons (Fsp3) is 0.154. The first-order valence-corrected chi connectivity index (χ1v) is 12.8. The summed E-state index contributed by atoms with van der Waals surface area (Å²) in [5.74, 6) is 1.47. The maximum atomic E-state index is 12.5. The molecule has 0 bridgehead atoms. The minimum absolute atomic E-state index is 0.172. The number of halogens is 1. The number of carbonyl (C=O) groups is 1. The van der Waals surface area contributed by atoms with E-state index in [9.17, 15) is 4.79 Å². The van der Waals surface area contributed by atoms with Crippen LogP contribution in [-0.4, -0.2) is 41.4 Å². The van der Waals surface area contributed by atoms with E-state index in [1.54, 1.807) is 43.5 Å². The Morgan fingerprint density at radius 3 is 2.58 bits per heavy atom. The normalized spacial score (nSPS) is 11.6. The molecule has 184 valence electrons. The first-order chi connectivity index (χ1) is 17.5. The summed E-state index contributed by atoms with van der Waals surface area (Å²) >= 11 is 6.44. The Balaban J connectivity index is 1.71. The number of nitrogens with two attached hydrogens (primary N) is 1. The van der Waals surface area contributed by atoms with Gasteiger partial charge in [-0.25, -0.2) is 9.97 Å². The van der Waals surface area contributed by atoms with Gasteiger partial charge in [0.2, 0.25) is 0 Å². The average Bonchev–Trinajstić information content (AvgIpc) is 2.91. The molecule has 4 aromatic rings. The summed E-state index contributed by atoms with van der Waals surface area (Å²) in [6.07, 6.45) is 0. The van der Waals surface area contributed by atoms with E-state index >= 15 is 0 Å². The molecule has 0 aliphatic carbocycles. The van der Waals surface area contributed by atoms with Gasteiger partial charge in [0.15, 0.2) is 11.6 Å². The highest BCUT2D eigenvalue weighted by atomic mass is 35.5. The van der Waals surface area contributed by atoms with Crippen LogP contribution < -0.4 is 25.8 Å². The smallest absolute Gasteiger partial charge is 0.251 e. The zero-order valence-corrected chi connectivity index (χ0v) is 21.3. The molecule has 0 spiro atoms. The molecule has 0 aliphatic heterocycles. The quantitative estimate of drug-likeness (QED) is 0.234. The van der Waals surface area contributed by atoms with Gasteiger partial charge in [-0.3, -0.25) is 4.79 Å². The van der Waals surface area contributed by atoms with Crippen molar-refractivity contribution in [2.45, 2.75) is 11.8 Å². The molecule has 5 N–H and O–H groups in total. The van der Waals surface area contributed by atoms with E-state index in [1.165, 1.54) is 0 Å². The summed E-state index contributed by atoms with van der Waals surface area (Å²) in [4.78, 5) is 22.9. The summed E-state index contributed by atoms with van der Waals surface area (Å²) in [5.41, 5.74) is 8.00. The monoisotopic (exact) mass is 520 g/mol. The van der Waals surface area contributed by atoms with Gasteiger partial charge in [-0.1, -0.05) is 40.5 Å². The predicted octanol–water partition coefficient (Wildman–Crippen LogP) is 4.80. The number of hydrogen-bond donors (Lipinski definition) is 4. The van der Waals surface area contributed by atoms with Crippen molar-refractivity contribution in [2.24, 2.45) is 5.73 Å². The number of amides is 1. The zero-order valence-electron chi connectivity index (χ0n) is 19.8. The van der Waals surface area contributed by atoms with Crippen LogP contribution in [0.25, 0.3) is 11.0 Å². The third kappa shape index (κ3) is 5.86. The molecule has 1 amide bonds. The number of hydrogen-bond acceptors (Lipinski definition) is 7. The lowest BCUT2D eigenvalue weighted by Gasteiger charge is -2.17. The van der Waals surface area contributed by atoms with E-state index in [1.807, 2.05) is 30.5 Å². The Labute approximate surface area is 217 Å². The molecule has 0 fully saturated rings. The Hall–Kier alpha value is -3.84. The van der Waals surface area contributed by atoms with Crippen molar-refractivity contribution < 1.29 is 9.53 Å². The van der Waals surface area contributed by atoms with Gasteiger partial charge in [0.25, 0.3) is 5.91 Å². The van der Waals surface area contributed by atoms with Crippen LogP contribution in [0.2, 0.25) is 5.02 Å². The topological polar surface area (TPSA) is 114 Å². The standard InChI is InChI=1S/C26H25ClN6O2S/c1-3-36(19-8-6-7-17(15-19)26(34)29-14-13-28)33-25-24(30-21-9-4-5-10-22(21)31-25)32-23-16-18(35-2)11-12-20(23)27/h3,6-12,15-16H,13-14,28H2,1-2H3,(H,29,34)(H,30,32)(H,31,33). The van der Waals surface area contributed by atoms with E-state index in [0.29, 0.717) is 57.8 Å². The molecule has 36 heavy (non-hydrogen) atoms. The van der Waals surface area contributed by atoms with Gasteiger partial charge in [0.05, 0.1) is 17.8 Å². The Kier molecular flexibility index (Phi) is 8.23. The largest absolute Gasteiger partial charge is 0.497 e. The highest BCUT2D eigenvalue weighted by Crippen LogP contribution is 2.35. The summed E-state index contributed by atoms with van der Waals surface area (Å²) in [5, 5.41) is 8.60. The predicted molar refractivity (Wildman–Crippen MR) is 148 cm³/mol. The van der Waals surface area contributed by atoms with Crippen LogP contribution in [0.4, 0.5) is 17.3 Å². The Morgan fingerprint density at radius 1 is 1.14 bits per heavy atom. The van der Waals surface area contributed by atoms with Gasteiger partial charge in [0.1, 0.15) is 16.8 Å². The van der Waals surface area contributed by atoms with Crippen molar-refractivity contribution in [3.8, 4) is 5.75 Å². The molecule has 10 heteroatoms. The molecule has 1 aromatic heterocycles. The number of fused-ring (bicyclic) bond motifs is 1. The third-order valence-corrected chi connectivity index (χ3v) is 7.08. The lowest BCUT2D eigenvalue weighted by Crippen LogP contribution is -2.28. The van der Waals surface area contributed by atoms with Crippen molar-refractivity contribution in [3.05, 3.63) is 77.3 Å². The Morgan fingerprint density at radius 2 is 1.89 bits per heavy atom. The van der Waals surface area contributed by atoms with Crippen molar-refractivity contribution in [2.75, 3.05) is 30.2 Å². The second kappa shape index (κ2) is 11.7. The van der Waals surface area contributed by atoms with Crippen LogP contribution >= 0.6 is 22.3 Å². The molecule has 0 radical (unpaired) electrons. The molecule has 8 nitrogen and oxygen atoms in total. The molecular weight excluding hydrogens is 496 g/mol. The number of anilines is 3. The minimum Gasteiger partial charge on any atom is -0.497 e. The van der Waals surface area contributed by atoms with Gasteiger partial charge >= 0.3 is 0 Å². The number of nitrogens with one attached hydrogen (secondary N) is 3. The Bertz CT molecular complexity index is 1430. The van der Waals surface area contributed by atoms with Crippen LogP contribution in [0.15, 0.2) is 59.5 Å². The van der Waals surface area contributed by atoms with E-state index in [0.717, 1.165) is 4.90 Å². The molecular formula is C26H25ClN6O2S. The first kappa shape index (κ1) is 25.3. The number of rotatable bonds is 9. The van der Waals surface area contributed by atoms with Crippen molar-refractivity contribution in [1.82, 2.24) is 15.3 Å². The average molecular weight is 521 g/mol. The molecule has 1 heterocycles. The maximum absolute atomic E-state index is 12.5. The number of benzene rings is 2. The van der Waals surface area contributed by atoms with Crippen LogP contribution in [0.3, 0.4) is 0 Å². The number of aromatic nitrogens is 2. The zero-order chi connectivity index (χ0) is 25.5. The molecule has 1 atom stereocenters. The van der Waals surface area contributed by atoms with Gasteiger partial charge in [0, 0.05) is 41.7 Å². The minimum atomic E-state index is -0.599. The first-order valence-electron chi connectivity index (χ1n) is 11.1. The highest BCUT2D eigenvalue weighted by Gasteiger charge is 2.14. The van der Waals surface area contributed by atoms with Crippen molar-refractivity contribution in [1.29, 1.82) is 0 Å². The highest BCUT2D eigenvalue weighted by molar-refractivity contribution is 8.16. The maximum Gasteiger partial charge on any atom is 0.251 e. The fourth-order valence-corrected chi connectivity index (χ4v) is 4.83. The van der Waals surface area contributed by atoms with Gasteiger partial charge < -0.3 is 25.8 Å². The second-order valence-corrected chi connectivity index (χ2v) is 9.72. The summed E-state index contributed by atoms with van der Waals surface area (Å²) in [6.45, 7) is 2.74. The lowest BCUT2D eigenvalue weighted by atomic mass is 10.2. The van der Waals surface area contributed by atoms with Crippen LogP contribution in [0.1, 0.15) is 17.3 Å². The molecule has 0 aliphatic rings. The van der Waals surface area contributed by atoms with Gasteiger partial charge in [-0.05, 0) is 42.6 Å². The molecule has 0 saturated carbocycles. The van der Waals surface area contributed by atoms with Crippen LogP contribution in [0.5, 0.6) is 5.75 Å². The molecule has 0 saturated heterocycles. The van der Waals surface area contributed by atoms with E-state index in [4.69, 9.17) is 32.0 Å². The summed E-state index contributed by atoms with van der Waals surface area (Å²) in [7, 11) is 0.994. The van der Waals surface area contributed by atoms with Crippen LogP contribution in [-0.2, 0) is 0 Å². The summed E-state index contributed by atoms with van der Waals surface area (Å²) in [6, 6.07) is 22.0. The molecule has 4 rings (SSSR count). The van der Waals surface area contributed by atoms with E-state index in [-0.39, 0.29) is 5.91 Å². The lowest BCUT2D eigenvalue weighted by molar-refractivity contribution is 0.0954. The van der Waals surface area contributed by atoms with Crippen molar-refractivity contribution in [3.63, 3.8) is 0 Å². The molecule has 3 aromatic carbocycles. The second-order valence-electron chi connectivity index (χ2n) is 7.49. The van der Waals surface area contributed by atoms with E-state index < -0.39 is 10.7 Å². The van der Waals surface area contributed by atoms with Gasteiger partial charge in [-0.2, -0.15) is 0 Å². The number of carbonyl (C=O) groups excluding carboxylic acids is 1. The fourth-order valence-electron chi connectivity index (χ4n) is 3.33. The number of nitrogens with zero attached hydrogens (tertiary/aromatic N) is 2. The van der Waals surface area contributed by atoms with Crippen LogP contribution in [0, 0.1) is 12.1 Å². The van der Waals surface area contributed by atoms with Gasteiger partial charge in [-0.15, -0.1) is 0 Å². The number of methoxy groups -OCH3 is 1.